The third kappa shape index (κ3) is 3.36. The minimum absolute atomic E-state index is 0.479. The van der Waals surface area contributed by atoms with Gasteiger partial charge < -0.3 is 9.64 Å². The number of rotatable bonds is 6. The normalized spacial score (nSPS) is 14.4. The molecule has 2 aromatic carbocycles. The van der Waals surface area contributed by atoms with Crippen molar-refractivity contribution in [2.24, 2.45) is 0 Å². The Morgan fingerprint density at radius 1 is 1.00 bits per heavy atom. The Hall–Kier alpha value is -1.96. The molecule has 2 nitrogen and oxygen atoms in total. The smallest absolute Gasteiger partial charge is 0.119 e. The van der Waals surface area contributed by atoms with E-state index in [2.05, 4.69) is 49.1 Å². The van der Waals surface area contributed by atoms with Gasteiger partial charge in [0.15, 0.2) is 0 Å². The highest BCUT2D eigenvalue weighted by Gasteiger charge is 2.19. The molecule has 0 N–H and O–H groups in total. The van der Waals surface area contributed by atoms with E-state index in [-0.39, 0.29) is 0 Å². The predicted molar refractivity (Wildman–Crippen MR) is 98.0 cm³/mol. The molecule has 0 aromatic heterocycles. The number of benzene rings is 2. The molecule has 1 aliphatic rings. The fourth-order valence-electron chi connectivity index (χ4n) is 3.66. The number of methoxy groups -OCH3 is 1. The third-order valence-corrected chi connectivity index (χ3v) is 4.86. The molecule has 23 heavy (non-hydrogen) atoms. The molecule has 0 saturated carbocycles. The van der Waals surface area contributed by atoms with Crippen LogP contribution in [0.25, 0.3) is 0 Å². The lowest BCUT2D eigenvalue weighted by atomic mass is 10.1. The van der Waals surface area contributed by atoms with Gasteiger partial charge in [0, 0.05) is 17.4 Å². The summed E-state index contributed by atoms with van der Waals surface area (Å²) in [6, 6.07) is 15.9. The molecular formula is C21H27NO. The predicted octanol–water partition coefficient (Wildman–Crippen LogP) is 5.51. The van der Waals surface area contributed by atoms with Crippen LogP contribution in [0.1, 0.15) is 44.2 Å². The van der Waals surface area contributed by atoms with Crippen molar-refractivity contribution in [1.29, 1.82) is 0 Å². The summed E-state index contributed by atoms with van der Waals surface area (Å²) in [7, 11) is 1.72. The molecule has 0 fully saturated rings. The van der Waals surface area contributed by atoms with Gasteiger partial charge in [0.1, 0.15) is 5.75 Å². The maximum absolute atomic E-state index is 5.30. The van der Waals surface area contributed by atoms with Crippen molar-refractivity contribution in [2.45, 2.75) is 52.0 Å². The monoisotopic (exact) mass is 309 g/mol. The highest BCUT2D eigenvalue weighted by atomic mass is 16.5. The van der Waals surface area contributed by atoms with Crippen molar-refractivity contribution in [3.63, 3.8) is 0 Å². The van der Waals surface area contributed by atoms with Crippen LogP contribution >= 0.6 is 0 Å². The average molecular weight is 309 g/mol. The Bertz CT molecular complexity index is 647. The minimum Gasteiger partial charge on any atom is -0.497 e. The van der Waals surface area contributed by atoms with Crippen molar-refractivity contribution >= 4 is 11.4 Å². The summed E-state index contributed by atoms with van der Waals surface area (Å²) in [5.41, 5.74) is 5.62. The van der Waals surface area contributed by atoms with E-state index in [4.69, 9.17) is 4.74 Å². The molecule has 2 heteroatoms. The van der Waals surface area contributed by atoms with Crippen LogP contribution in [0.4, 0.5) is 11.4 Å². The second kappa shape index (κ2) is 7.08. The maximum Gasteiger partial charge on any atom is 0.119 e. The summed E-state index contributed by atoms with van der Waals surface area (Å²) < 4.78 is 5.30. The van der Waals surface area contributed by atoms with Crippen molar-refractivity contribution in [3.05, 3.63) is 53.6 Å². The fraction of sp³-hybridized carbons (Fsp3) is 0.429. The van der Waals surface area contributed by atoms with Crippen molar-refractivity contribution < 1.29 is 4.74 Å². The Kier molecular flexibility index (Phi) is 4.90. The fourth-order valence-corrected chi connectivity index (χ4v) is 3.66. The lowest BCUT2D eigenvalue weighted by Gasteiger charge is -2.32. The van der Waals surface area contributed by atoms with Crippen LogP contribution in [0.15, 0.2) is 42.5 Å². The second-order valence-electron chi connectivity index (χ2n) is 6.51. The van der Waals surface area contributed by atoms with Crippen LogP contribution in [0.5, 0.6) is 5.75 Å². The van der Waals surface area contributed by atoms with Gasteiger partial charge in [-0.15, -0.1) is 0 Å². The second-order valence-corrected chi connectivity index (χ2v) is 6.51. The van der Waals surface area contributed by atoms with Gasteiger partial charge in [0.25, 0.3) is 0 Å². The van der Waals surface area contributed by atoms with Crippen molar-refractivity contribution in [2.75, 3.05) is 12.0 Å². The molecule has 1 unspecified atom stereocenters. The van der Waals surface area contributed by atoms with E-state index >= 15 is 0 Å². The van der Waals surface area contributed by atoms with Gasteiger partial charge in [-0.1, -0.05) is 19.4 Å². The number of anilines is 2. The SMILES string of the molecule is CCCC(C)N(c1ccc(OC)cc1)c1ccc2c(c1)CCC2. The summed E-state index contributed by atoms with van der Waals surface area (Å²) in [6.07, 6.45) is 6.14. The first-order chi connectivity index (χ1) is 11.2. The van der Waals surface area contributed by atoms with Gasteiger partial charge in [0.2, 0.25) is 0 Å². The highest BCUT2D eigenvalue weighted by Crippen LogP contribution is 2.34. The molecule has 1 atom stereocenters. The molecule has 0 spiro atoms. The Morgan fingerprint density at radius 3 is 2.39 bits per heavy atom. The average Bonchev–Trinajstić information content (AvgIpc) is 3.04. The van der Waals surface area contributed by atoms with Gasteiger partial charge in [-0.05, 0) is 80.1 Å². The van der Waals surface area contributed by atoms with Crippen LogP contribution < -0.4 is 9.64 Å². The lowest BCUT2D eigenvalue weighted by molar-refractivity contribution is 0.415. The van der Waals surface area contributed by atoms with Crippen LogP contribution in [0, 0.1) is 0 Å². The van der Waals surface area contributed by atoms with Crippen LogP contribution in [-0.2, 0) is 12.8 Å². The van der Waals surface area contributed by atoms with Gasteiger partial charge in [0.05, 0.1) is 7.11 Å². The zero-order chi connectivity index (χ0) is 16.2. The summed E-state index contributed by atoms with van der Waals surface area (Å²) in [4.78, 5) is 2.47. The molecular weight excluding hydrogens is 282 g/mol. The molecule has 0 aliphatic heterocycles. The molecule has 0 bridgehead atoms. The van der Waals surface area contributed by atoms with E-state index in [9.17, 15) is 0 Å². The molecule has 0 saturated heterocycles. The van der Waals surface area contributed by atoms with Crippen molar-refractivity contribution in [1.82, 2.24) is 0 Å². The zero-order valence-corrected chi connectivity index (χ0v) is 14.5. The Balaban J connectivity index is 1.97. The minimum atomic E-state index is 0.479. The number of hydrogen-bond acceptors (Lipinski definition) is 2. The first-order valence-electron chi connectivity index (χ1n) is 8.78. The van der Waals surface area contributed by atoms with Crippen LogP contribution in [0.2, 0.25) is 0 Å². The van der Waals surface area contributed by atoms with Crippen LogP contribution in [0.3, 0.4) is 0 Å². The third-order valence-electron chi connectivity index (χ3n) is 4.86. The molecule has 2 aromatic rings. The first-order valence-corrected chi connectivity index (χ1v) is 8.78. The molecule has 0 heterocycles. The van der Waals surface area contributed by atoms with E-state index in [1.165, 1.54) is 54.6 Å². The molecule has 3 rings (SSSR count). The molecule has 0 amide bonds. The number of fused-ring (bicyclic) bond motifs is 1. The van der Waals surface area contributed by atoms with Gasteiger partial charge in [-0.25, -0.2) is 0 Å². The topological polar surface area (TPSA) is 12.5 Å². The number of hydrogen-bond donors (Lipinski definition) is 0. The van der Waals surface area contributed by atoms with Gasteiger partial charge in [-0.2, -0.15) is 0 Å². The lowest BCUT2D eigenvalue weighted by Crippen LogP contribution is -2.28. The number of ether oxygens (including phenoxy) is 1. The molecule has 122 valence electrons. The van der Waals surface area contributed by atoms with Gasteiger partial charge >= 0.3 is 0 Å². The summed E-state index contributed by atoms with van der Waals surface area (Å²) in [5, 5.41) is 0. The van der Waals surface area contributed by atoms with E-state index in [0.717, 1.165) is 5.75 Å². The van der Waals surface area contributed by atoms with E-state index in [0.29, 0.717) is 6.04 Å². The standard InChI is InChI=1S/C21H27NO/c1-4-6-16(2)22(19-11-13-21(23-3)14-12-19)20-10-9-17-7-5-8-18(17)15-20/h9-16H,4-8H2,1-3H3. The van der Waals surface area contributed by atoms with Gasteiger partial charge in [-0.3, -0.25) is 0 Å². The van der Waals surface area contributed by atoms with E-state index < -0.39 is 0 Å². The number of aryl methyl sites for hydroxylation is 2. The zero-order valence-electron chi connectivity index (χ0n) is 14.5. The quantitative estimate of drug-likeness (QED) is 0.697. The summed E-state index contributed by atoms with van der Waals surface area (Å²) >= 11 is 0. The van der Waals surface area contributed by atoms with Crippen LogP contribution in [-0.4, -0.2) is 13.2 Å². The maximum atomic E-state index is 5.30. The van der Waals surface area contributed by atoms with E-state index in [1.54, 1.807) is 7.11 Å². The number of nitrogens with zero attached hydrogens (tertiary/aromatic N) is 1. The molecule has 0 radical (unpaired) electrons. The first kappa shape index (κ1) is 15.9. The largest absolute Gasteiger partial charge is 0.497 e. The summed E-state index contributed by atoms with van der Waals surface area (Å²) in [6.45, 7) is 4.58. The molecule has 1 aliphatic carbocycles. The van der Waals surface area contributed by atoms with E-state index in [1.807, 2.05) is 12.1 Å². The summed E-state index contributed by atoms with van der Waals surface area (Å²) in [5.74, 6) is 0.908. The Morgan fingerprint density at radius 2 is 1.70 bits per heavy atom. The highest BCUT2D eigenvalue weighted by molar-refractivity contribution is 5.66. The van der Waals surface area contributed by atoms with Crippen molar-refractivity contribution in [3.8, 4) is 5.75 Å². The Labute approximate surface area is 140 Å².